The van der Waals surface area contributed by atoms with Gasteiger partial charge >= 0.3 is 0 Å². The quantitative estimate of drug-likeness (QED) is 0.856. The minimum atomic E-state index is -0.200. The van der Waals surface area contributed by atoms with Crippen molar-refractivity contribution in [3.63, 3.8) is 0 Å². The second-order valence-electron chi connectivity index (χ2n) is 4.42. The highest BCUT2D eigenvalue weighted by atomic mass is 16.5. The molecule has 5 nitrogen and oxygen atoms in total. The molecule has 0 radical (unpaired) electrons. The van der Waals surface area contributed by atoms with E-state index in [1.54, 1.807) is 26.3 Å². The van der Waals surface area contributed by atoms with Crippen LogP contribution in [0.1, 0.15) is 16.1 Å². The van der Waals surface area contributed by atoms with E-state index in [-0.39, 0.29) is 5.91 Å². The molecule has 0 unspecified atom stereocenters. The van der Waals surface area contributed by atoms with Gasteiger partial charge in [-0.05, 0) is 31.2 Å². The fraction of sp³-hybridized carbons (Fsp3) is 0.188. The maximum Gasteiger partial charge on any atom is 0.254 e. The van der Waals surface area contributed by atoms with Crippen molar-refractivity contribution in [3.05, 3.63) is 54.4 Å². The van der Waals surface area contributed by atoms with Crippen molar-refractivity contribution in [2.24, 2.45) is 0 Å². The van der Waals surface area contributed by atoms with Crippen LogP contribution >= 0.6 is 0 Å². The van der Waals surface area contributed by atoms with Gasteiger partial charge in [-0.3, -0.25) is 4.79 Å². The molecule has 0 aliphatic carbocycles. The van der Waals surface area contributed by atoms with E-state index < -0.39 is 0 Å². The number of methoxy groups -OCH3 is 1. The summed E-state index contributed by atoms with van der Waals surface area (Å²) in [7, 11) is 1.62. The molecule has 0 aliphatic heterocycles. The Morgan fingerprint density at radius 2 is 2.10 bits per heavy atom. The highest BCUT2D eigenvalue weighted by Crippen LogP contribution is 2.19. The molecular weight excluding hydrogens is 266 g/mol. The molecule has 1 aromatic heterocycles. The van der Waals surface area contributed by atoms with Crippen molar-refractivity contribution < 1.29 is 9.53 Å². The lowest BCUT2D eigenvalue weighted by Gasteiger charge is -2.07. The summed E-state index contributed by atoms with van der Waals surface area (Å²) in [6.45, 7) is 5.76. The van der Waals surface area contributed by atoms with Gasteiger partial charge in [-0.1, -0.05) is 6.08 Å². The Balaban J connectivity index is 2.25. The molecule has 0 atom stereocenters. The monoisotopic (exact) mass is 283 g/mol. The SMILES string of the molecule is C=CCNC(=O)c1cnc(-c2ccc(OC)cc2)nc1C. The third kappa shape index (κ3) is 3.45. The van der Waals surface area contributed by atoms with Crippen LogP contribution in [0.15, 0.2) is 43.1 Å². The molecule has 0 aliphatic rings. The summed E-state index contributed by atoms with van der Waals surface area (Å²) >= 11 is 0. The van der Waals surface area contributed by atoms with Gasteiger partial charge in [-0.25, -0.2) is 9.97 Å². The van der Waals surface area contributed by atoms with Gasteiger partial charge < -0.3 is 10.1 Å². The van der Waals surface area contributed by atoms with Crippen LogP contribution in [0.2, 0.25) is 0 Å². The molecule has 0 bridgehead atoms. The van der Waals surface area contributed by atoms with Crippen LogP contribution < -0.4 is 10.1 Å². The summed E-state index contributed by atoms with van der Waals surface area (Å²) in [6, 6.07) is 7.45. The fourth-order valence-corrected chi connectivity index (χ4v) is 1.83. The predicted octanol–water partition coefficient (Wildman–Crippen LogP) is 2.38. The van der Waals surface area contributed by atoms with Crippen molar-refractivity contribution in [3.8, 4) is 17.1 Å². The lowest BCUT2D eigenvalue weighted by molar-refractivity contribution is 0.0956. The fourth-order valence-electron chi connectivity index (χ4n) is 1.83. The first kappa shape index (κ1) is 14.7. The normalized spacial score (nSPS) is 10.0. The average Bonchev–Trinajstić information content (AvgIpc) is 2.52. The average molecular weight is 283 g/mol. The van der Waals surface area contributed by atoms with Gasteiger partial charge in [0.05, 0.1) is 18.4 Å². The molecule has 1 N–H and O–H groups in total. The van der Waals surface area contributed by atoms with E-state index in [0.29, 0.717) is 23.6 Å². The van der Waals surface area contributed by atoms with E-state index >= 15 is 0 Å². The Bertz CT molecular complexity index is 651. The summed E-state index contributed by atoms with van der Waals surface area (Å²) < 4.78 is 5.12. The number of hydrogen-bond acceptors (Lipinski definition) is 4. The maximum absolute atomic E-state index is 11.9. The largest absolute Gasteiger partial charge is 0.497 e. The van der Waals surface area contributed by atoms with E-state index in [1.807, 2.05) is 24.3 Å². The first-order valence-corrected chi connectivity index (χ1v) is 6.53. The minimum Gasteiger partial charge on any atom is -0.497 e. The second kappa shape index (κ2) is 6.65. The van der Waals surface area contributed by atoms with Crippen molar-refractivity contribution >= 4 is 5.91 Å². The van der Waals surface area contributed by atoms with E-state index in [4.69, 9.17) is 4.74 Å². The van der Waals surface area contributed by atoms with Gasteiger partial charge in [0.15, 0.2) is 5.82 Å². The van der Waals surface area contributed by atoms with Gasteiger partial charge in [0.1, 0.15) is 5.75 Å². The molecule has 0 spiro atoms. The van der Waals surface area contributed by atoms with Crippen LogP contribution in [-0.2, 0) is 0 Å². The molecule has 2 aromatic rings. The van der Waals surface area contributed by atoms with E-state index in [9.17, 15) is 4.79 Å². The summed E-state index contributed by atoms with van der Waals surface area (Å²) in [5, 5.41) is 2.71. The Morgan fingerprint density at radius 3 is 2.67 bits per heavy atom. The molecule has 21 heavy (non-hydrogen) atoms. The van der Waals surface area contributed by atoms with Gasteiger partial charge in [-0.15, -0.1) is 6.58 Å². The van der Waals surface area contributed by atoms with E-state index in [2.05, 4.69) is 21.9 Å². The van der Waals surface area contributed by atoms with Crippen molar-refractivity contribution in [2.45, 2.75) is 6.92 Å². The standard InChI is InChI=1S/C16H17N3O2/c1-4-9-17-16(20)14-10-18-15(19-11(14)2)12-5-7-13(21-3)8-6-12/h4-8,10H,1,9H2,2-3H3,(H,17,20). The number of hydrogen-bond donors (Lipinski definition) is 1. The number of nitrogens with one attached hydrogen (secondary N) is 1. The molecule has 1 aromatic carbocycles. The first-order chi connectivity index (χ1) is 10.2. The van der Waals surface area contributed by atoms with E-state index in [0.717, 1.165) is 11.3 Å². The third-order valence-corrected chi connectivity index (χ3v) is 2.98. The van der Waals surface area contributed by atoms with Crippen LogP contribution in [0, 0.1) is 6.92 Å². The summed E-state index contributed by atoms with van der Waals surface area (Å²) in [5.74, 6) is 1.15. The minimum absolute atomic E-state index is 0.200. The topological polar surface area (TPSA) is 64.1 Å². The highest BCUT2D eigenvalue weighted by molar-refractivity contribution is 5.95. The Kier molecular flexibility index (Phi) is 4.66. The van der Waals surface area contributed by atoms with Crippen LogP contribution in [0.4, 0.5) is 0 Å². The maximum atomic E-state index is 11.9. The van der Waals surface area contributed by atoms with Gasteiger partial charge in [-0.2, -0.15) is 0 Å². The number of aryl methyl sites for hydroxylation is 1. The zero-order valence-corrected chi connectivity index (χ0v) is 12.1. The number of amides is 1. The smallest absolute Gasteiger partial charge is 0.254 e. The number of ether oxygens (including phenoxy) is 1. The van der Waals surface area contributed by atoms with Crippen LogP contribution in [-0.4, -0.2) is 29.5 Å². The molecule has 0 saturated heterocycles. The van der Waals surface area contributed by atoms with Crippen LogP contribution in [0.25, 0.3) is 11.4 Å². The second-order valence-corrected chi connectivity index (χ2v) is 4.42. The lowest BCUT2D eigenvalue weighted by Crippen LogP contribution is -2.24. The van der Waals surface area contributed by atoms with Crippen LogP contribution in [0.3, 0.4) is 0 Å². The number of carbonyl (C=O) groups excluding carboxylic acids is 1. The molecular formula is C16H17N3O2. The Hall–Kier alpha value is -2.69. The molecule has 2 rings (SSSR count). The zero-order valence-electron chi connectivity index (χ0n) is 12.1. The van der Waals surface area contributed by atoms with Crippen LogP contribution in [0.5, 0.6) is 5.75 Å². The number of carbonyl (C=O) groups is 1. The zero-order chi connectivity index (χ0) is 15.2. The van der Waals surface area contributed by atoms with E-state index in [1.165, 1.54) is 0 Å². The number of benzene rings is 1. The van der Waals surface area contributed by atoms with Gasteiger partial charge in [0, 0.05) is 18.3 Å². The number of rotatable bonds is 5. The summed E-state index contributed by atoms with van der Waals surface area (Å²) in [5.41, 5.74) is 1.98. The van der Waals surface area contributed by atoms with Gasteiger partial charge in [0.2, 0.25) is 0 Å². The van der Waals surface area contributed by atoms with Gasteiger partial charge in [0.25, 0.3) is 5.91 Å². The summed E-state index contributed by atoms with van der Waals surface area (Å²) in [6.07, 6.45) is 3.17. The molecule has 0 saturated carbocycles. The molecule has 1 amide bonds. The third-order valence-electron chi connectivity index (χ3n) is 2.98. The van der Waals surface area contributed by atoms with Crippen molar-refractivity contribution in [2.75, 3.05) is 13.7 Å². The number of nitrogens with zero attached hydrogens (tertiary/aromatic N) is 2. The lowest BCUT2D eigenvalue weighted by atomic mass is 10.1. The Labute approximate surface area is 123 Å². The molecule has 0 fully saturated rings. The molecule has 108 valence electrons. The number of aromatic nitrogens is 2. The van der Waals surface area contributed by atoms with Crippen molar-refractivity contribution in [1.82, 2.24) is 15.3 Å². The molecule has 1 heterocycles. The highest BCUT2D eigenvalue weighted by Gasteiger charge is 2.11. The van der Waals surface area contributed by atoms with Crippen molar-refractivity contribution in [1.29, 1.82) is 0 Å². The molecule has 5 heteroatoms. The predicted molar refractivity (Wildman–Crippen MR) is 81.3 cm³/mol. The summed E-state index contributed by atoms with van der Waals surface area (Å²) in [4.78, 5) is 20.5. The first-order valence-electron chi connectivity index (χ1n) is 6.53. The Morgan fingerprint density at radius 1 is 1.38 bits per heavy atom.